The van der Waals surface area contributed by atoms with Crippen LogP contribution in [0.4, 0.5) is 5.69 Å². The third kappa shape index (κ3) is 3.98. The van der Waals surface area contributed by atoms with Gasteiger partial charge in [-0.25, -0.2) is 0 Å². The Morgan fingerprint density at radius 2 is 1.73 bits per heavy atom. The van der Waals surface area contributed by atoms with E-state index in [0.29, 0.717) is 12.5 Å². The highest BCUT2D eigenvalue weighted by Crippen LogP contribution is 2.24. The van der Waals surface area contributed by atoms with E-state index in [2.05, 4.69) is 76.3 Å². The molecule has 0 aliphatic carbocycles. The Morgan fingerprint density at radius 3 is 2.35 bits per heavy atom. The molecule has 3 rings (SSSR count). The Hall–Kier alpha value is -2.55. The smallest absolute Gasteiger partial charge is 0.244 e. The van der Waals surface area contributed by atoms with Crippen molar-refractivity contribution >= 4 is 22.5 Å². The number of rotatable bonds is 4. The first-order valence-corrected chi connectivity index (χ1v) is 9.23. The first kappa shape index (κ1) is 18.2. The summed E-state index contributed by atoms with van der Waals surface area (Å²) in [6.45, 7) is 11.2. The number of hydrogen-bond donors (Lipinski definition) is 1. The summed E-state index contributed by atoms with van der Waals surface area (Å²) in [5.74, 6) is 0.487. The monoisotopic (exact) mass is 348 g/mol. The fourth-order valence-corrected chi connectivity index (χ4v) is 3.12. The topological polar surface area (TPSA) is 34.0 Å². The highest BCUT2D eigenvalue weighted by atomic mass is 16.1. The lowest BCUT2D eigenvalue weighted by atomic mass is 9.87. The zero-order chi connectivity index (χ0) is 18.9. The number of fused-ring (bicyclic) bond motifs is 1. The average Bonchev–Trinajstić information content (AvgIpc) is 2.96. The van der Waals surface area contributed by atoms with Crippen LogP contribution in [0.3, 0.4) is 0 Å². The molecule has 1 aromatic heterocycles. The van der Waals surface area contributed by atoms with Crippen LogP contribution in [-0.4, -0.2) is 10.5 Å². The van der Waals surface area contributed by atoms with Crippen LogP contribution in [-0.2, 0) is 16.8 Å². The van der Waals surface area contributed by atoms with E-state index in [0.717, 1.165) is 11.2 Å². The van der Waals surface area contributed by atoms with Crippen LogP contribution >= 0.6 is 0 Å². The summed E-state index contributed by atoms with van der Waals surface area (Å²) in [4.78, 5) is 12.4. The normalized spacial score (nSPS) is 11.9. The molecule has 136 valence electrons. The molecular weight excluding hydrogens is 320 g/mol. The van der Waals surface area contributed by atoms with Crippen LogP contribution in [0, 0.1) is 0 Å². The maximum absolute atomic E-state index is 12.4. The Kier molecular flexibility index (Phi) is 4.90. The zero-order valence-corrected chi connectivity index (χ0v) is 16.3. The maximum Gasteiger partial charge on any atom is 0.244 e. The van der Waals surface area contributed by atoms with Crippen molar-refractivity contribution in [2.24, 2.45) is 0 Å². The number of anilines is 1. The summed E-state index contributed by atoms with van der Waals surface area (Å²) in [7, 11) is 0. The van der Waals surface area contributed by atoms with Gasteiger partial charge in [0, 0.05) is 17.4 Å². The predicted octanol–water partition coefficient (Wildman–Crippen LogP) is 5.70. The van der Waals surface area contributed by atoms with E-state index >= 15 is 0 Å². The second-order valence-electron chi connectivity index (χ2n) is 8.29. The first-order chi connectivity index (χ1) is 12.2. The molecule has 1 amide bonds. The summed E-state index contributed by atoms with van der Waals surface area (Å²) in [6, 6.07) is 16.6. The van der Waals surface area contributed by atoms with Gasteiger partial charge in [0.2, 0.25) is 5.91 Å². The van der Waals surface area contributed by atoms with Gasteiger partial charge in [-0.2, -0.15) is 0 Å². The molecule has 0 spiro atoms. The van der Waals surface area contributed by atoms with E-state index in [1.807, 2.05) is 22.9 Å². The molecule has 3 nitrogen and oxygen atoms in total. The SMILES string of the molecule is CC(C)c1ccc2c(ccn2CC(=O)Nc2ccc(C(C)(C)C)cc2)c1. The zero-order valence-electron chi connectivity index (χ0n) is 16.3. The van der Waals surface area contributed by atoms with Crippen molar-refractivity contribution in [1.29, 1.82) is 0 Å². The molecule has 0 aliphatic heterocycles. The van der Waals surface area contributed by atoms with Crippen LogP contribution in [0.25, 0.3) is 10.9 Å². The molecule has 0 aliphatic rings. The van der Waals surface area contributed by atoms with Crippen LogP contribution in [0.2, 0.25) is 0 Å². The van der Waals surface area contributed by atoms with E-state index in [-0.39, 0.29) is 11.3 Å². The number of amides is 1. The molecule has 1 N–H and O–H groups in total. The van der Waals surface area contributed by atoms with Gasteiger partial charge >= 0.3 is 0 Å². The minimum atomic E-state index is -0.0149. The third-order valence-electron chi connectivity index (χ3n) is 4.81. The Labute approximate surface area is 156 Å². The Bertz CT molecular complexity index is 912. The van der Waals surface area contributed by atoms with Crippen molar-refractivity contribution in [1.82, 2.24) is 4.57 Å². The van der Waals surface area contributed by atoms with Crippen LogP contribution < -0.4 is 5.32 Å². The number of carbonyl (C=O) groups is 1. The van der Waals surface area contributed by atoms with E-state index in [1.165, 1.54) is 16.5 Å². The molecule has 0 bridgehead atoms. The van der Waals surface area contributed by atoms with Crippen molar-refractivity contribution in [3.05, 3.63) is 65.9 Å². The van der Waals surface area contributed by atoms with Crippen LogP contribution in [0.15, 0.2) is 54.7 Å². The van der Waals surface area contributed by atoms with Gasteiger partial charge in [0.05, 0.1) is 0 Å². The predicted molar refractivity (Wildman–Crippen MR) is 110 cm³/mol. The Balaban J connectivity index is 1.71. The minimum Gasteiger partial charge on any atom is -0.338 e. The fraction of sp³-hybridized carbons (Fsp3) is 0.348. The molecule has 2 aromatic carbocycles. The number of hydrogen-bond acceptors (Lipinski definition) is 1. The Morgan fingerprint density at radius 1 is 1.04 bits per heavy atom. The van der Waals surface area contributed by atoms with Crippen molar-refractivity contribution in [3.8, 4) is 0 Å². The lowest BCUT2D eigenvalue weighted by Crippen LogP contribution is -2.18. The summed E-state index contributed by atoms with van der Waals surface area (Å²) < 4.78 is 2.00. The molecule has 26 heavy (non-hydrogen) atoms. The van der Waals surface area contributed by atoms with Gasteiger partial charge in [-0.3, -0.25) is 4.79 Å². The van der Waals surface area contributed by atoms with Crippen molar-refractivity contribution < 1.29 is 4.79 Å². The van der Waals surface area contributed by atoms with Gasteiger partial charge in [-0.05, 0) is 58.2 Å². The maximum atomic E-state index is 12.4. The number of nitrogens with zero attached hydrogens (tertiary/aromatic N) is 1. The van der Waals surface area contributed by atoms with Crippen LogP contribution in [0.1, 0.15) is 51.7 Å². The quantitative estimate of drug-likeness (QED) is 0.644. The second kappa shape index (κ2) is 6.99. The van der Waals surface area contributed by atoms with Gasteiger partial charge in [0.15, 0.2) is 0 Å². The largest absolute Gasteiger partial charge is 0.338 e. The molecular formula is C23H28N2O. The van der Waals surface area contributed by atoms with Gasteiger partial charge in [-0.1, -0.05) is 52.8 Å². The molecule has 0 radical (unpaired) electrons. The van der Waals surface area contributed by atoms with Crippen molar-refractivity contribution in [3.63, 3.8) is 0 Å². The molecule has 0 atom stereocenters. The van der Waals surface area contributed by atoms with E-state index < -0.39 is 0 Å². The van der Waals surface area contributed by atoms with Gasteiger partial charge in [0.1, 0.15) is 6.54 Å². The van der Waals surface area contributed by atoms with Crippen molar-refractivity contribution in [2.45, 2.75) is 52.5 Å². The molecule has 0 unspecified atom stereocenters. The number of benzene rings is 2. The molecule has 3 heteroatoms. The van der Waals surface area contributed by atoms with E-state index in [9.17, 15) is 4.79 Å². The summed E-state index contributed by atoms with van der Waals surface area (Å²) in [6.07, 6.45) is 1.98. The lowest BCUT2D eigenvalue weighted by molar-refractivity contribution is -0.116. The van der Waals surface area contributed by atoms with Crippen molar-refractivity contribution in [2.75, 3.05) is 5.32 Å². The minimum absolute atomic E-state index is 0.0149. The molecule has 0 fully saturated rings. The molecule has 0 saturated carbocycles. The number of aromatic nitrogens is 1. The van der Waals surface area contributed by atoms with Crippen LogP contribution in [0.5, 0.6) is 0 Å². The first-order valence-electron chi connectivity index (χ1n) is 9.23. The van der Waals surface area contributed by atoms with Gasteiger partial charge < -0.3 is 9.88 Å². The molecule has 3 aromatic rings. The number of carbonyl (C=O) groups excluding carboxylic acids is 1. The lowest BCUT2D eigenvalue weighted by Gasteiger charge is -2.19. The molecule has 1 heterocycles. The highest BCUT2D eigenvalue weighted by Gasteiger charge is 2.13. The average molecular weight is 348 g/mol. The van der Waals surface area contributed by atoms with Gasteiger partial charge in [-0.15, -0.1) is 0 Å². The van der Waals surface area contributed by atoms with Gasteiger partial charge in [0.25, 0.3) is 0 Å². The standard InChI is InChI=1S/C23H28N2O/c1-16(2)17-6-11-21-18(14-17)12-13-25(21)15-22(26)24-20-9-7-19(8-10-20)23(3,4)5/h6-14,16H,15H2,1-5H3,(H,24,26). The highest BCUT2D eigenvalue weighted by molar-refractivity contribution is 5.92. The number of nitrogens with one attached hydrogen (secondary N) is 1. The second-order valence-corrected chi connectivity index (χ2v) is 8.29. The summed E-state index contributed by atoms with van der Waals surface area (Å²) in [5, 5.41) is 4.17. The summed E-state index contributed by atoms with van der Waals surface area (Å²) >= 11 is 0. The fourth-order valence-electron chi connectivity index (χ4n) is 3.12. The summed E-state index contributed by atoms with van der Waals surface area (Å²) in [5.41, 5.74) is 4.61. The van der Waals surface area contributed by atoms with E-state index in [4.69, 9.17) is 0 Å². The third-order valence-corrected chi connectivity index (χ3v) is 4.81. The van der Waals surface area contributed by atoms with E-state index in [1.54, 1.807) is 0 Å². The molecule has 0 saturated heterocycles.